The molecule has 2 rings (SSSR count). The number of amides is 1. The molecule has 0 spiro atoms. The lowest BCUT2D eigenvalue weighted by Gasteiger charge is -2.11. The molecule has 154 valence electrons. The van der Waals surface area contributed by atoms with E-state index in [4.69, 9.17) is 0 Å². The number of aliphatic imine (C=N–C) groups is 1. The van der Waals surface area contributed by atoms with Crippen LogP contribution < -0.4 is 16.0 Å². The molecule has 28 heavy (non-hydrogen) atoms. The van der Waals surface area contributed by atoms with E-state index in [2.05, 4.69) is 26.0 Å². The second-order valence-corrected chi connectivity index (χ2v) is 5.52. The Bertz CT molecular complexity index is 785. The van der Waals surface area contributed by atoms with Gasteiger partial charge in [-0.2, -0.15) is 5.10 Å². The first-order valence-corrected chi connectivity index (χ1v) is 8.44. The van der Waals surface area contributed by atoms with Crippen molar-refractivity contribution in [3.63, 3.8) is 0 Å². The maximum absolute atomic E-state index is 13.6. The summed E-state index contributed by atoms with van der Waals surface area (Å²) in [5.74, 6) is -4.65. The zero-order chi connectivity index (χ0) is 19.6. The number of guanidine groups is 1. The van der Waals surface area contributed by atoms with Gasteiger partial charge in [0, 0.05) is 32.0 Å². The summed E-state index contributed by atoms with van der Waals surface area (Å²) in [7, 11) is 0. The number of halogens is 4. The molecule has 0 unspecified atom stereocenters. The molecule has 0 atom stereocenters. The fourth-order valence-corrected chi connectivity index (χ4v) is 2.19. The molecule has 1 amide bonds. The van der Waals surface area contributed by atoms with E-state index in [0.717, 1.165) is 25.1 Å². The number of aromatic nitrogens is 2. The number of nitrogens with zero attached hydrogens (tertiary/aromatic N) is 3. The number of benzene rings is 1. The van der Waals surface area contributed by atoms with Crippen molar-refractivity contribution in [3.8, 4) is 0 Å². The van der Waals surface area contributed by atoms with Crippen LogP contribution in [0.4, 0.5) is 18.9 Å². The molecule has 1 aromatic heterocycles. The zero-order valence-electron chi connectivity index (χ0n) is 15.2. The lowest BCUT2D eigenvalue weighted by molar-refractivity contribution is -0.114. The van der Waals surface area contributed by atoms with Gasteiger partial charge in [0.25, 0.3) is 0 Å². The molecule has 1 aromatic carbocycles. The van der Waals surface area contributed by atoms with Crippen LogP contribution in [0.5, 0.6) is 0 Å². The molecule has 0 fully saturated rings. The van der Waals surface area contributed by atoms with Crippen LogP contribution in [0.1, 0.15) is 13.3 Å². The van der Waals surface area contributed by atoms with E-state index >= 15 is 0 Å². The van der Waals surface area contributed by atoms with Gasteiger partial charge in [0.05, 0.1) is 5.69 Å². The number of carbonyl (C=O) groups is 1. The van der Waals surface area contributed by atoms with Crippen molar-refractivity contribution in [2.45, 2.75) is 19.9 Å². The van der Waals surface area contributed by atoms with Crippen molar-refractivity contribution in [2.24, 2.45) is 4.99 Å². The highest BCUT2D eigenvalue weighted by molar-refractivity contribution is 14.0. The Hall–Kier alpha value is -2.31. The fourth-order valence-electron chi connectivity index (χ4n) is 2.19. The van der Waals surface area contributed by atoms with Crippen LogP contribution in [-0.4, -0.2) is 41.3 Å². The van der Waals surface area contributed by atoms with E-state index in [1.54, 1.807) is 10.9 Å². The summed E-state index contributed by atoms with van der Waals surface area (Å²) >= 11 is 0. The summed E-state index contributed by atoms with van der Waals surface area (Å²) in [4.78, 5) is 16.0. The van der Waals surface area contributed by atoms with Gasteiger partial charge >= 0.3 is 0 Å². The first-order valence-electron chi connectivity index (χ1n) is 8.44. The third-order valence-electron chi connectivity index (χ3n) is 3.45. The van der Waals surface area contributed by atoms with Crippen LogP contribution in [0.25, 0.3) is 0 Å². The lowest BCUT2D eigenvalue weighted by atomic mass is 10.3. The van der Waals surface area contributed by atoms with Gasteiger partial charge in [-0.3, -0.25) is 9.48 Å². The second-order valence-electron chi connectivity index (χ2n) is 5.52. The minimum atomic E-state index is -1.64. The molecule has 0 saturated heterocycles. The van der Waals surface area contributed by atoms with Crippen LogP contribution >= 0.6 is 24.0 Å². The van der Waals surface area contributed by atoms with Gasteiger partial charge in [0.15, 0.2) is 23.4 Å². The van der Waals surface area contributed by atoms with E-state index in [9.17, 15) is 18.0 Å². The summed E-state index contributed by atoms with van der Waals surface area (Å²) in [6.07, 6.45) is 4.35. The Labute approximate surface area is 177 Å². The number of hydrogen-bond donors (Lipinski definition) is 3. The first-order chi connectivity index (χ1) is 13.0. The van der Waals surface area contributed by atoms with E-state index in [-0.39, 0.29) is 30.5 Å². The molecule has 0 aliphatic rings. The normalized spacial score (nSPS) is 10.9. The maximum Gasteiger partial charge on any atom is 0.246 e. The Morgan fingerprint density at radius 1 is 1.21 bits per heavy atom. The quantitative estimate of drug-likeness (QED) is 0.168. The van der Waals surface area contributed by atoms with Gasteiger partial charge in [-0.05, 0) is 31.5 Å². The number of nitrogens with one attached hydrogen (secondary N) is 3. The molecule has 11 heteroatoms. The number of hydrogen-bond acceptors (Lipinski definition) is 3. The van der Waals surface area contributed by atoms with Gasteiger partial charge in [-0.25, -0.2) is 18.2 Å². The van der Waals surface area contributed by atoms with Crippen molar-refractivity contribution in [3.05, 3.63) is 48.0 Å². The highest BCUT2D eigenvalue weighted by Gasteiger charge is 2.15. The number of anilines is 1. The molecule has 0 saturated carbocycles. The van der Waals surface area contributed by atoms with Crippen LogP contribution in [0, 0.1) is 17.5 Å². The smallest absolute Gasteiger partial charge is 0.246 e. The minimum absolute atomic E-state index is 0. The van der Waals surface area contributed by atoms with Crippen molar-refractivity contribution in [1.82, 2.24) is 20.4 Å². The number of carbonyl (C=O) groups excluding carboxylic acids is 1. The number of aryl methyl sites for hydroxylation is 1. The van der Waals surface area contributed by atoms with Gasteiger partial charge in [0.2, 0.25) is 5.91 Å². The zero-order valence-corrected chi connectivity index (χ0v) is 17.5. The van der Waals surface area contributed by atoms with Crippen molar-refractivity contribution >= 4 is 41.5 Å². The van der Waals surface area contributed by atoms with Crippen LogP contribution in [0.3, 0.4) is 0 Å². The predicted molar refractivity (Wildman–Crippen MR) is 111 cm³/mol. The highest BCUT2D eigenvalue weighted by Crippen LogP contribution is 2.19. The molecule has 0 radical (unpaired) electrons. The second kappa shape index (κ2) is 12.2. The Balaban J connectivity index is 0.00000392. The van der Waals surface area contributed by atoms with Crippen LogP contribution in [0.2, 0.25) is 0 Å². The molecule has 0 bridgehead atoms. The van der Waals surface area contributed by atoms with Crippen molar-refractivity contribution in [1.29, 1.82) is 0 Å². The SMILES string of the molecule is CCNC(=NCC(=O)Nc1ccc(F)c(F)c1F)NCCCn1cccn1.I. The van der Waals surface area contributed by atoms with Gasteiger partial charge in [-0.15, -0.1) is 24.0 Å². The van der Waals surface area contributed by atoms with Crippen molar-refractivity contribution < 1.29 is 18.0 Å². The summed E-state index contributed by atoms with van der Waals surface area (Å²) in [6, 6.07) is 3.53. The van der Waals surface area contributed by atoms with Gasteiger partial charge in [-0.1, -0.05) is 0 Å². The molecular formula is C17H22F3IN6O. The van der Waals surface area contributed by atoms with E-state index in [1.807, 2.05) is 19.2 Å². The average Bonchev–Trinajstić information content (AvgIpc) is 3.17. The van der Waals surface area contributed by atoms with Crippen LogP contribution in [-0.2, 0) is 11.3 Å². The summed E-state index contributed by atoms with van der Waals surface area (Å²) < 4.78 is 41.4. The van der Waals surface area contributed by atoms with E-state index < -0.39 is 29.0 Å². The summed E-state index contributed by atoms with van der Waals surface area (Å²) in [6.45, 7) is 3.48. The Morgan fingerprint density at radius 2 is 2.00 bits per heavy atom. The van der Waals surface area contributed by atoms with Gasteiger partial charge in [0.1, 0.15) is 6.54 Å². The summed E-state index contributed by atoms with van der Waals surface area (Å²) in [5, 5.41) is 12.3. The molecule has 2 aromatic rings. The summed E-state index contributed by atoms with van der Waals surface area (Å²) in [5.41, 5.74) is -0.439. The highest BCUT2D eigenvalue weighted by atomic mass is 127. The standard InChI is InChI=1S/C17H21F3N6O.HI/c1-2-21-17(22-7-3-9-26-10-4-8-24-26)23-11-14(27)25-13-6-5-12(18)15(19)16(13)20;/h4-6,8,10H,2-3,7,9,11H2,1H3,(H,25,27)(H2,21,22,23);1H. The van der Waals surface area contributed by atoms with E-state index in [1.165, 1.54) is 0 Å². The monoisotopic (exact) mass is 510 g/mol. The first kappa shape index (κ1) is 23.7. The molecule has 7 nitrogen and oxygen atoms in total. The molecule has 0 aliphatic heterocycles. The third-order valence-corrected chi connectivity index (χ3v) is 3.45. The largest absolute Gasteiger partial charge is 0.357 e. The van der Waals surface area contributed by atoms with Crippen molar-refractivity contribution in [2.75, 3.05) is 25.0 Å². The Kier molecular flexibility index (Phi) is 10.3. The lowest BCUT2D eigenvalue weighted by Crippen LogP contribution is -2.38. The van der Waals surface area contributed by atoms with E-state index in [0.29, 0.717) is 19.0 Å². The number of rotatable bonds is 8. The molecule has 1 heterocycles. The predicted octanol–water partition coefficient (Wildman–Crippen LogP) is 2.50. The molecule has 0 aliphatic carbocycles. The Morgan fingerprint density at radius 3 is 2.68 bits per heavy atom. The van der Waals surface area contributed by atoms with Crippen LogP contribution in [0.15, 0.2) is 35.6 Å². The average molecular weight is 510 g/mol. The third kappa shape index (κ3) is 7.37. The minimum Gasteiger partial charge on any atom is -0.357 e. The molecule has 3 N–H and O–H groups in total. The fraction of sp³-hybridized carbons (Fsp3) is 0.353. The van der Waals surface area contributed by atoms with Gasteiger partial charge < -0.3 is 16.0 Å². The molecular weight excluding hydrogens is 488 g/mol. The topological polar surface area (TPSA) is 83.3 Å². The maximum atomic E-state index is 13.6.